The van der Waals surface area contributed by atoms with Crippen molar-refractivity contribution in [2.45, 2.75) is 52.4 Å². The number of aromatic hydroxyl groups is 1. The van der Waals surface area contributed by atoms with E-state index in [9.17, 15) is 5.11 Å². The van der Waals surface area contributed by atoms with Gasteiger partial charge in [-0.15, -0.1) is 35.9 Å². The molecule has 2 heterocycles. The maximum absolute atomic E-state index is 12.1. The van der Waals surface area contributed by atoms with Crippen molar-refractivity contribution < 1.29 is 26.2 Å². The molecule has 0 bridgehead atoms. The van der Waals surface area contributed by atoms with Crippen LogP contribution in [0.3, 0.4) is 0 Å². The topological polar surface area (TPSA) is 50.9 Å². The zero-order chi connectivity index (χ0) is 34.1. The largest absolute Gasteiger partial charge is 0.507 e. The number of hydrogen-bond acceptors (Lipinski definition) is 3. The molecule has 2 aromatic heterocycles. The van der Waals surface area contributed by atoms with E-state index in [0.29, 0.717) is 18.3 Å². The van der Waals surface area contributed by atoms with Crippen molar-refractivity contribution in [3.8, 4) is 39.5 Å². The van der Waals surface area contributed by atoms with Crippen LogP contribution in [0, 0.1) is 6.07 Å². The van der Waals surface area contributed by atoms with E-state index < -0.39 is 0 Å². The molecule has 1 N–H and O–H groups in total. The Morgan fingerprint density at radius 3 is 2.02 bits per heavy atom. The van der Waals surface area contributed by atoms with Gasteiger partial charge in [0.15, 0.2) is 0 Å². The molecule has 0 unspecified atom stereocenters. The van der Waals surface area contributed by atoms with Crippen LogP contribution < -0.4 is 0 Å². The van der Waals surface area contributed by atoms with Gasteiger partial charge in [-0.25, -0.2) is 0 Å². The Hall–Kier alpha value is -4.79. The predicted octanol–water partition coefficient (Wildman–Crippen LogP) is 10.9. The van der Waals surface area contributed by atoms with Crippen LogP contribution in [0.2, 0.25) is 0 Å². The normalized spacial score (nSPS) is 11.3. The third kappa shape index (κ3) is 7.23. The van der Waals surface area contributed by atoms with Gasteiger partial charge in [0, 0.05) is 64.1 Å². The first-order chi connectivity index (χ1) is 23.7. The predicted molar refractivity (Wildman–Crippen MR) is 202 cm³/mol. The number of fused-ring (bicyclic) bond motifs is 1. The van der Waals surface area contributed by atoms with Gasteiger partial charge in [-0.2, -0.15) is 0 Å². The second-order valence-electron chi connectivity index (χ2n) is 13.7. The second kappa shape index (κ2) is 15.0. The number of aromatic nitrogens is 3. The fraction of sp³-hybridized carbons (Fsp3) is 0.200. The Bertz CT molecular complexity index is 2240. The number of imidazole rings is 1. The molecule has 0 fully saturated rings. The molecule has 0 aliphatic rings. The van der Waals surface area contributed by atoms with Crippen LogP contribution in [-0.2, 0) is 41.0 Å². The molecule has 0 aliphatic heterocycles. The molecule has 50 heavy (non-hydrogen) atoms. The van der Waals surface area contributed by atoms with Gasteiger partial charge in [-0.1, -0.05) is 94.4 Å². The Kier molecular flexibility index (Phi) is 10.5. The fourth-order valence-corrected chi connectivity index (χ4v) is 6.71. The summed E-state index contributed by atoms with van der Waals surface area (Å²) in [7, 11) is 1.99. The molecule has 254 valence electrons. The molecule has 7 aromatic rings. The SMILES string of the molecule is CC(C)c1cc(-c2cc(Cc3ccccc3Cc3cncc4ccccc34)c(O)c(-c3cn(C)c(-c4[c-]cccc4)n3)c2)cc(C(C)C)c1.[Pt]. The van der Waals surface area contributed by atoms with Crippen molar-refractivity contribution >= 4 is 10.8 Å². The Labute approximate surface area is 310 Å². The minimum absolute atomic E-state index is 0. The number of aryl methyl sites for hydroxylation is 1. The zero-order valence-electron chi connectivity index (χ0n) is 29.2. The van der Waals surface area contributed by atoms with Crippen LogP contribution in [0.25, 0.3) is 44.5 Å². The summed E-state index contributed by atoms with van der Waals surface area (Å²) in [5.41, 5.74) is 11.7. The van der Waals surface area contributed by atoms with E-state index in [1.165, 1.54) is 33.2 Å². The molecule has 7 rings (SSSR count). The molecule has 5 aromatic carbocycles. The van der Waals surface area contributed by atoms with E-state index in [2.05, 4.69) is 118 Å². The molecule has 4 nitrogen and oxygen atoms in total. The number of hydrogen-bond donors (Lipinski definition) is 1. The third-order valence-corrected chi connectivity index (χ3v) is 9.57. The molecule has 0 saturated carbocycles. The van der Waals surface area contributed by atoms with Crippen molar-refractivity contribution in [2.24, 2.45) is 7.05 Å². The van der Waals surface area contributed by atoms with Gasteiger partial charge >= 0.3 is 0 Å². The Balaban J connectivity index is 0.00000432. The van der Waals surface area contributed by atoms with Gasteiger partial charge in [0.2, 0.25) is 0 Å². The van der Waals surface area contributed by atoms with Crippen molar-refractivity contribution in [1.82, 2.24) is 14.5 Å². The Morgan fingerprint density at radius 1 is 0.700 bits per heavy atom. The number of phenolic OH excluding ortho intramolecular Hbond substituents is 1. The summed E-state index contributed by atoms with van der Waals surface area (Å²) < 4.78 is 2.01. The van der Waals surface area contributed by atoms with Crippen LogP contribution in [0.4, 0.5) is 0 Å². The van der Waals surface area contributed by atoms with Gasteiger partial charge in [0.1, 0.15) is 5.75 Å². The van der Waals surface area contributed by atoms with Gasteiger partial charge in [0.25, 0.3) is 0 Å². The number of nitrogens with zero attached hydrogens (tertiary/aromatic N) is 3. The number of benzene rings is 5. The summed E-state index contributed by atoms with van der Waals surface area (Å²) in [4.78, 5) is 9.60. The van der Waals surface area contributed by atoms with Gasteiger partial charge in [-0.05, 0) is 80.3 Å². The molecule has 0 atom stereocenters. The zero-order valence-corrected chi connectivity index (χ0v) is 31.5. The minimum Gasteiger partial charge on any atom is -0.507 e. The monoisotopic (exact) mass is 835 g/mol. The Morgan fingerprint density at radius 2 is 1.34 bits per heavy atom. The van der Waals surface area contributed by atoms with Gasteiger partial charge in [0.05, 0.1) is 11.5 Å². The fourth-order valence-electron chi connectivity index (χ4n) is 6.71. The minimum atomic E-state index is 0. The van der Waals surface area contributed by atoms with E-state index in [4.69, 9.17) is 4.98 Å². The van der Waals surface area contributed by atoms with E-state index >= 15 is 0 Å². The third-order valence-electron chi connectivity index (χ3n) is 9.57. The number of pyridine rings is 1. The molecular weight excluding hydrogens is 794 g/mol. The smallest absolute Gasteiger partial charge is 0.128 e. The molecule has 0 saturated heterocycles. The number of phenols is 1. The summed E-state index contributed by atoms with van der Waals surface area (Å²) in [6, 6.07) is 39.4. The average Bonchev–Trinajstić information content (AvgIpc) is 3.51. The van der Waals surface area contributed by atoms with Gasteiger partial charge in [-0.3, -0.25) is 9.97 Å². The average molecular weight is 836 g/mol. The molecule has 0 spiro atoms. The standard InChI is InChI=1S/C45H42N3O.Pt/c1-29(2)35-21-36(30(3)4)23-37(22-35)38-24-39(44(49)42(25-38)43-28-48(5)45(47-43)31-13-7-6-8-14-31)19-32-15-9-10-16-33(32)20-40-27-46-26-34-17-11-12-18-41(34)40;/h6-13,15-18,21-30,49H,19-20H2,1-5H3;/q-1;. The van der Waals surface area contributed by atoms with Crippen molar-refractivity contribution in [3.63, 3.8) is 0 Å². The van der Waals surface area contributed by atoms with E-state index in [-0.39, 0.29) is 26.8 Å². The maximum Gasteiger partial charge on any atom is 0.128 e. The van der Waals surface area contributed by atoms with E-state index in [1.54, 1.807) is 0 Å². The summed E-state index contributed by atoms with van der Waals surface area (Å²) in [6.45, 7) is 8.98. The van der Waals surface area contributed by atoms with Crippen molar-refractivity contribution in [1.29, 1.82) is 0 Å². The van der Waals surface area contributed by atoms with E-state index in [0.717, 1.165) is 51.1 Å². The summed E-state index contributed by atoms with van der Waals surface area (Å²) >= 11 is 0. The first-order valence-corrected chi connectivity index (χ1v) is 17.2. The van der Waals surface area contributed by atoms with Crippen molar-refractivity contribution in [3.05, 3.63) is 161 Å². The molecule has 5 heteroatoms. The van der Waals surface area contributed by atoms with Crippen LogP contribution in [-0.4, -0.2) is 19.6 Å². The van der Waals surface area contributed by atoms with Crippen LogP contribution in [0.15, 0.2) is 122 Å². The molecule has 0 radical (unpaired) electrons. The van der Waals surface area contributed by atoms with E-state index in [1.807, 2.05) is 54.5 Å². The second-order valence-corrected chi connectivity index (χ2v) is 13.7. The van der Waals surface area contributed by atoms with Crippen LogP contribution in [0.5, 0.6) is 5.75 Å². The molecule has 0 aliphatic carbocycles. The van der Waals surface area contributed by atoms with Crippen LogP contribution in [0.1, 0.15) is 72.9 Å². The van der Waals surface area contributed by atoms with Crippen LogP contribution >= 0.6 is 0 Å². The van der Waals surface area contributed by atoms with Gasteiger partial charge < -0.3 is 9.67 Å². The number of rotatable bonds is 9. The summed E-state index contributed by atoms with van der Waals surface area (Å²) in [6.07, 6.45) is 7.24. The quantitative estimate of drug-likeness (QED) is 0.147. The maximum atomic E-state index is 12.1. The van der Waals surface area contributed by atoms with Crippen molar-refractivity contribution in [2.75, 3.05) is 0 Å². The summed E-state index contributed by atoms with van der Waals surface area (Å²) in [5, 5.41) is 14.4. The summed E-state index contributed by atoms with van der Waals surface area (Å²) in [5.74, 6) is 1.85. The first-order valence-electron chi connectivity index (χ1n) is 17.2. The molecule has 0 amide bonds. The molecular formula is C45H42N3OPt-. The first kappa shape index (κ1) is 35.0.